The Balaban J connectivity index is 1.75. The second-order valence-electron chi connectivity index (χ2n) is 4.60. The molecule has 5 heteroatoms. The van der Waals surface area contributed by atoms with Crippen LogP contribution in [0.4, 0.5) is 0 Å². The van der Waals surface area contributed by atoms with Crippen LogP contribution in [-0.2, 0) is 19.5 Å². The fraction of sp³-hybridized carbons (Fsp3) is 0.467. The van der Waals surface area contributed by atoms with Gasteiger partial charge in [0.05, 0.1) is 12.2 Å². The third-order valence-electron chi connectivity index (χ3n) is 3.06. The first kappa shape index (κ1) is 14.5. The number of hydrogen-bond acceptors (Lipinski definition) is 4. The van der Waals surface area contributed by atoms with Gasteiger partial charge in [-0.2, -0.15) is 0 Å². The van der Waals surface area contributed by atoms with Crippen molar-refractivity contribution in [3.63, 3.8) is 0 Å². The number of nitrogens with zero attached hydrogens (tertiary/aromatic N) is 3. The van der Waals surface area contributed by atoms with Crippen LogP contribution in [0, 0.1) is 0 Å². The molecule has 0 atom stereocenters. The van der Waals surface area contributed by atoms with Gasteiger partial charge in [0.15, 0.2) is 0 Å². The van der Waals surface area contributed by atoms with Gasteiger partial charge in [0.2, 0.25) is 0 Å². The van der Waals surface area contributed by atoms with E-state index in [1.807, 2.05) is 23.0 Å². The quantitative estimate of drug-likeness (QED) is 0.800. The zero-order valence-electron chi connectivity index (χ0n) is 12.2. The summed E-state index contributed by atoms with van der Waals surface area (Å²) in [6, 6.07) is 8.21. The molecule has 0 bridgehead atoms. The molecule has 0 unspecified atom stereocenters. The lowest BCUT2D eigenvalue weighted by Crippen LogP contribution is -2.12. The van der Waals surface area contributed by atoms with Crippen molar-refractivity contribution < 1.29 is 4.74 Å². The van der Waals surface area contributed by atoms with E-state index in [2.05, 4.69) is 41.6 Å². The molecule has 5 nitrogen and oxygen atoms in total. The second-order valence-corrected chi connectivity index (χ2v) is 4.60. The van der Waals surface area contributed by atoms with Crippen LogP contribution in [0.2, 0.25) is 0 Å². The van der Waals surface area contributed by atoms with Crippen LogP contribution in [0.15, 0.2) is 30.5 Å². The fourth-order valence-electron chi connectivity index (χ4n) is 1.86. The molecule has 108 valence electrons. The molecule has 0 aliphatic heterocycles. The first-order chi connectivity index (χ1) is 9.81. The predicted molar refractivity (Wildman–Crippen MR) is 78.7 cm³/mol. The second kappa shape index (κ2) is 7.65. The molecule has 0 fully saturated rings. The lowest BCUT2D eigenvalue weighted by atomic mass is 10.2. The van der Waals surface area contributed by atoms with Gasteiger partial charge in [-0.05, 0) is 30.7 Å². The van der Waals surface area contributed by atoms with Crippen molar-refractivity contribution in [1.29, 1.82) is 0 Å². The van der Waals surface area contributed by atoms with E-state index in [-0.39, 0.29) is 0 Å². The van der Waals surface area contributed by atoms with Crippen LogP contribution in [0.25, 0.3) is 0 Å². The zero-order valence-corrected chi connectivity index (χ0v) is 12.2. The average molecular weight is 274 g/mol. The van der Waals surface area contributed by atoms with Crippen molar-refractivity contribution in [2.75, 3.05) is 13.2 Å². The number of hydrogen-bond donors (Lipinski definition) is 1. The Morgan fingerprint density at radius 3 is 2.70 bits per heavy atom. The minimum absolute atomic E-state index is 0.593. The van der Waals surface area contributed by atoms with Gasteiger partial charge in [0, 0.05) is 12.7 Å². The molecule has 2 rings (SSSR count). The molecule has 1 aromatic carbocycles. The number of nitrogens with one attached hydrogen (secondary N) is 1. The predicted octanol–water partition coefficient (Wildman–Crippen LogP) is 2.03. The molecule has 0 amide bonds. The summed E-state index contributed by atoms with van der Waals surface area (Å²) in [5, 5.41) is 11.4. The highest BCUT2D eigenvalue weighted by molar-refractivity contribution is 5.27. The normalized spacial score (nSPS) is 10.7. The van der Waals surface area contributed by atoms with Crippen LogP contribution >= 0.6 is 0 Å². The molecule has 1 aromatic heterocycles. The Labute approximate surface area is 120 Å². The summed E-state index contributed by atoms with van der Waals surface area (Å²) in [6.45, 7) is 7.21. The Morgan fingerprint density at radius 1 is 1.20 bits per heavy atom. The first-order valence-electron chi connectivity index (χ1n) is 7.13. The van der Waals surface area contributed by atoms with Gasteiger partial charge in [-0.15, -0.1) is 5.10 Å². The van der Waals surface area contributed by atoms with Gasteiger partial charge >= 0.3 is 0 Å². The molecular weight excluding hydrogens is 252 g/mol. The number of ether oxygens (including phenoxy) is 1. The molecule has 0 saturated carbocycles. The van der Waals surface area contributed by atoms with Gasteiger partial charge < -0.3 is 10.1 Å². The van der Waals surface area contributed by atoms with Crippen LogP contribution in [0.1, 0.15) is 25.1 Å². The number of rotatable bonds is 8. The molecule has 0 radical (unpaired) electrons. The summed E-state index contributed by atoms with van der Waals surface area (Å²) < 4.78 is 7.51. The van der Waals surface area contributed by atoms with Crippen molar-refractivity contribution in [3.8, 4) is 5.75 Å². The van der Waals surface area contributed by atoms with E-state index in [1.165, 1.54) is 5.56 Å². The highest BCUT2D eigenvalue weighted by atomic mass is 16.5. The van der Waals surface area contributed by atoms with Crippen LogP contribution in [0.3, 0.4) is 0 Å². The van der Waals surface area contributed by atoms with Gasteiger partial charge in [-0.25, -0.2) is 4.68 Å². The smallest absolute Gasteiger partial charge is 0.119 e. The molecule has 0 aliphatic rings. The molecule has 20 heavy (non-hydrogen) atoms. The molecule has 1 heterocycles. The van der Waals surface area contributed by atoms with Crippen molar-refractivity contribution in [3.05, 3.63) is 41.7 Å². The Hall–Kier alpha value is -1.88. The topological polar surface area (TPSA) is 52.0 Å². The summed E-state index contributed by atoms with van der Waals surface area (Å²) in [7, 11) is 0. The van der Waals surface area contributed by atoms with E-state index < -0.39 is 0 Å². The Kier molecular flexibility index (Phi) is 5.55. The van der Waals surface area contributed by atoms with Gasteiger partial charge in [0.25, 0.3) is 0 Å². The fourth-order valence-corrected chi connectivity index (χ4v) is 1.86. The van der Waals surface area contributed by atoms with Crippen LogP contribution in [-0.4, -0.2) is 28.1 Å². The standard InChI is InChI=1S/C15H22N4O/c1-3-13-5-7-15(8-6-13)20-10-9-19-12-14(17-18-19)11-16-4-2/h5-8,12,16H,3-4,9-11H2,1-2H3. The average Bonchev–Trinajstić information content (AvgIpc) is 2.94. The maximum Gasteiger partial charge on any atom is 0.119 e. The highest BCUT2D eigenvalue weighted by Gasteiger charge is 2.00. The minimum atomic E-state index is 0.593. The van der Waals surface area contributed by atoms with Crippen molar-refractivity contribution in [2.24, 2.45) is 0 Å². The summed E-state index contributed by atoms with van der Waals surface area (Å²) in [5.41, 5.74) is 2.28. The van der Waals surface area contributed by atoms with Crippen molar-refractivity contribution in [2.45, 2.75) is 33.4 Å². The maximum atomic E-state index is 5.70. The molecular formula is C15H22N4O. The Bertz CT molecular complexity index is 507. The van der Waals surface area contributed by atoms with E-state index in [4.69, 9.17) is 4.74 Å². The van der Waals surface area contributed by atoms with Crippen molar-refractivity contribution >= 4 is 0 Å². The lowest BCUT2D eigenvalue weighted by Gasteiger charge is -2.06. The third kappa shape index (κ3) is 4.35. The number of aryl methyl sites for hydroxylation is 1. The molecule has 0 spiro atoms. The van der Waals surface area contributed by atoms with Crippen LogP contribution < -0.4 is 10.1 Å². The molecule has 0 saturated heterocycles. The zero-order chi connectivity index (χ0) is 14.2. The Morgan fingerprint density at radius 2 is 2.00 bits per heavy atom. The van der Waals surface area contributed by atoms with E-state index in [0.717, 1.165) is 31.0 Å². The first-order valence-corrected chi connectivity index (χ1v) is 7.13. The summed E-state index contributed by atoms with van der Waals surface area (Å²) in [4.78, 5) is 0. The SMILES string of the molecule is CCNCc1cn(CCOc2ccc(CC)cc2)nn1. The molecule has 0 aliphatic carbocycles. The maximum absolute atomic E-state index is 5.70. The largest absolute Gasteiger partial charge is 0.492 e. The van der Waals surface area contributed by atoms with Gasteiger partial charge in [0.1, 0.15) is 12.4 Å². The van der Waals surface area contributed by atoms with Gasteiger partial charge in [-0.1, -0.05) is 31.2 Å². The summed E-state index contributed by atoms with van der Waals surface area (Å²) >= 11 is 0. The van der Waals surface area contributed by atoms with Gasteiger partial charge in [-0.3, -0.25) is 0 Å². The van der Waals surface area contributed by atoms with Crippen molar-refractivity contribution in [1.82, 2.24) is 20.3 Å². The molecule has 1 N–H and O–H groups in total. The minimum Gasteiger partial charge on any atom is -0.492 e. The number of benzene rings is 1. The van der Waals surface area contributed by atoms with E-state index in [0.29, 0.717) is 13.2 Å². The molecule has 2 aromatic rings. The van der Waals surface area contributed by atoms with E-state index >= 15 is 0 Å². The number of aromatic nitrogens is 3. The highest BCUT2D eigenvalue weighted by Crippen LogP contribution is 2.12. The lowest BCUT2D eigenvalue weighted by molar-refractivity contribution is 0.289. The van der Waals surface area contributed by atoms with E-state index in [1.54, 1.807) is 0 Å². The van der Waals surface area contributed by atoms with E-state index in [9.17, 15) is 0 Å². The van der Waals surface area contributed by atoms with Crippen LogP contribution in [0.5, 0.6) is 5.75 Å². The third-order valence-corrected chi connectivity index (χ3v) is 3.06. The summed E-state index contributed by atoms with van der Waals surface area (Å²) in [5.74, 6) is 0.898. The monoisotopic (exact) mass is 274 g/mol. The summed E-state index contributed by atoms with van der Waals surface area (Å²) in [6.07, 6.45) is 3.00.